The highest BCUT2D eigenvalue weighted by Crippen LogP contribution is 2.22. The van der Waals surface area contributed by atoms with Crippen LogP contribution in [0.15, 0.2) is 64.5 Å². The summed E-state index contributed by atoms with van der Waals surface area (Å²) in [4.78, 5) is 37.0. The molecule has 2 aromatic carbocycles. The van der Waals surface area contributed by atoms with E-state index in [2.05, 4.69) is 14.9 Å². The number of aromatic amines is 1. The molecule has 0 atom stereocenters. The molecular formula is C25H28N4O3S. The Morgan fingerprint density at radius 1 is 1.09 bits per heavy atom. The topological polar surface area (TPSA) is 78.5 Å². The number of methoxy groups -OCH3 is 1. The summed E-state index contributed by atoms with van der Waals surface area (Å²) in [7, 11) is 1.66. The number of nitrogens with one attached hydrogen (secondary N) is 1. The van der Waals surface area contributed by atoms with Crippen LogP contribution in [0.2, 0.25) is 0 Å². The maximum Gasteiger partial charge on any atom is 0.255 e. The zero-order chi connectivity index (χ0) is 23.2. The fourth-order valence-electron chi connectivity index (χ4n) is 3.87. The molecule has 1 aliphatic rings. The summed E-state index contributed by atoms with van der Waals surface area (Å²) in [6.07, 6.45) is 0.0664. The molecule has 0 unspecified atom stereocenters. The van der Waals surface area contributed by atoms with Crippen LogP contribution in [0, 0.1) is 6.92 Å². The van der Waals surface area contributed by atoms with E-state index in [9.17, 15) is 9.59 Å². The van der Waals surface area contributed by atoms with Crippen molar-refractivity contribution in [1.29, 1.82) is 0 Å². The van der Waals surface area contributed by atoms with Crippen molar-refractivity contribution in [3.8, 4) is 5.75 Å². The van der Waals surface area contributed by atoms with E-state index in [4.69, 9.17) is 4.74 Å². The summed E-state index contributed by atoms with van der Waals surface area (Å²) in [5.41, 5.74) is 3.06. The van der Waals surface area contributed by atoms with Crippen LogP contribution in [0.4, 0.5) is 5.69 Å². The largest absolute Gasteiger partial charge is 0.497 e. The number of thioether (sulfide) groups is 1. The first-order valence-electron chi connectivity index (χ1n) is 11.0. The zero-order valence-corrected chi connectivity index (χ0v) is 19.7. The van der Waals surface area contributed by atoms with Crippen molar-refractivity contribution in [3.63, 3.8) is 0 Å². The predicted molar refractivity (Wildman–Crippen MR) is 131 cm³/mol. The number of anilines is 1. The first-order valence-corrected chi connectivity index (χ1v) is 12.0. The van der Waals surface area contributed by atoms with Gasteiger partial charge in [-0.1, -0.05) is 48.2 Å². The second-order valence-corrected chi connectivity index (χ2v) is 8.92. The van der Waals surface area contributed by atoms with Crippen LogP contribution in [0.25, 0.3) is 0 Å². The third kappa shape index (κ3) is 5.76. The number of hydrogen-bond donors (Lipinski definition) is 1. The van der Waals surface area contributed by atoms with E-state index in [1.165, 1.54) is 11.8 Å². The van der Waals surface area contributed by atoms with Gasteiger partial charge in [0, 0.05) is 54.9 Å². The number of aromatic nitrogens is 2. The van der Waals surface area contributed by atoms with Crippen molar-refractivity contribution in [3.05, 3.63) is 81.8 Å². The van der Waals surface area contributed by atoms with Crippen molar-refractivity contribution in [2.75, 3.05) is 38.2 Å². The third-order valence-electron chi connectivity index (χ3n) is 5.80. The fourth-order valence-corrected chi connectivity index (χ4v) is 4.73. The summed E-state index contributed by atoms with van der Waals surface area (Å²) in [5, 5.41) is 0.574. The SMILES string of the molecule is COc1cccc(N2CCN(C(=O)Cc3c(C)nc(SCc4ccccc4)[nH]c3=O)CC2)c1. The van der Waals surface area contributed by atoms with Gasteiger partial charge < -0.3 is 19.5 Å². The molecule has 1 N–H and O–H groups in total. The first-order chi connectivity index (χ1) is 16.0. The third-order valence-corrected chi connectivity index (χ3v) is 6.74. The number of piperazine rings is 1. The van der Waals surface area contributed by atoms with E-state index >= 15 is 0 Å². The summed E-state index contributed by atoms with van der Waals surface area (Å²) in [6, 6.07) is 18.0. The number of ether oxygens (including phenoxy) is 1. The molecule has 7 nitrogen and oxygen atoms in total. The maximum atomic E-state index is 12.9. The van der Waals surface area contributed by atoms with Gasteiger partial charge in [0.1, 0.15) is 5.75 Å². The number of rotatable bonds is 7. The quantitative estimate of drug-likeness (QED) is 0.427. The molecule has 3 aromatic rings. The van der Waals surface area contributed by atoms with Crippen LogP contribution in [-0.2, 0) is 17.0 Å². The average molecular weight is 465 g/mol. The Kier molecular flexibility index (Phi) is 7.34. The molecule has 4 rings (SSSR count). The van der Waals surface area contributed by atoms with Crippen LogP contribution in [-0.4, -0.2) is 54.1 Å². The fraction of sp³-hybridized carbons (Fsp3) is 0.320. The van der Waals surface area contributed by atoms with Crippen molar-refractivity contribution in [2.45, 2.75) is 24.3 Å². The summed E-state index contributed by atoms with van der Waals surface area (Å²) < 4.78 is 5.31. The maximum absolute atomic E-state index is 12.9. The molecule has 1 aromatic heterocycles. The molecule has 1 saturated heterocycles. The van der Waals surface area contributed by atoms with Gasteiger partial charge in [-0.15, -0.1) is 0 Å². The van der Waals surface area contributed by atoms with E-state index in [-0.39, 0.29) is 17.9 Å². The molecule has 2 heterocycles. The lowest BCUT2D eigenvalue weighted by molar-refractivity contribution is -0.130. The molecular weight excluding hydrogens is 436 g/mol. The van der Waals surface area contributed by atoms with Gasteiger partial charge in [0.2, 0.25) is 5.91 Å². The van der Waals surface area contributed by atoms with Gasteiger partial charge >= 0.3 is 0 Å². The van der Waals surface area contributed by atoms with Crippen molar-refractivity contribution < 1.29 is 9.53 Å². The van der Waals surface area contributed by atoms with E-state index in [1.807, 2.05) is 59.5 Å². The lowest BCUT2D eigenvalue weighted by atomic mass is 10.1. The van der Waals surface area contributed by atoms with Crippen LogP contribution in [0.5, 0.6) is 5.75 Å². The van der Waals surface area contributed by atoms with Gasteiger partial charge in [-0.25, -0.2) is 4.98 Å². The Bertz CT molecular complexity index is 1160. The molecule has 1 aliphatic heterocycles. The van der Waals surface area contributed by atoms with Gasteiger partial charge in [0.25, 0.3) is 5.56 Å². The Labute approximate surface area is 197 Å². The minimum absolute atomic E-state index is 0.0413. The van der Waals surface area contributed by atoms with E-state index < -0.39 is 0 Å². The van der Waals surface area contributed by atoms with Crippen LogP contribution in [0.1, 0.15) is 16.8 Å². The summed E-state index contributed by atoms with van der Waals surface area (Å²) >= 11 is 1.48. The lowest BCUT2D eigenvalue weighted by Gasteiger charge is -2.36. The number of amides is 1. The first kappa shape index (κ1) is 22.9. The Morgan fingerprint density at radius 2 is 1.85 bits per heavy atom. The molecule has 8 heteroatoms. The van der Waals surface area contributed by atoms with Gasteiger partial charge in [0.15, 0.2) is 5.16 Å². The number of nitrogens with zero attached hydrogens (tertiary/aromatic N) is 3. The molecule has 0 saturated carbocycles. The van der Waals surface area contributed by atoms with Crippen LogP contribution in [0.3, 0.4) is 0 Å². The number of benzene rings is 2. The number of carbonyl (C=O) groups excluding carboxylic acids is 1. The number of carbonyl (C=O) groups is 1. The average Bonchev–Trinajstić information content (AvgIpc) is 2.85. The lowest BCUT2D eigenvalue weighted by Crippen LogP contribution is -2.49. The van der Waals surface area contributed by atoms with Gasteiger partial charge in [0.05, 0.1) is 13.5 Å². The molecule has 0 radical (unpaired) electrons. The van der Waals surface area contributed by atoms with Gasteiger partial charge in [-0.05, 0) is 24.6 Å². The molecule has 0 aliphatic carbocycles. The van der Waals surface area contributed by atoms with E-state index in [0.29, 0.717) is 29.5 Å². The molecule has 1 amide bonds. The number of H-pyrrole nitrogens is 1. The minimum atomic E-state index is -0.235. The van der Waals surface area contributed by atoms with Crippen molar-refractivity contribution in [2.24, 2.45) is 0 Å². The van der Waals surface area contributed by atoms with Gasteiger partial charge in [-0.2, -0.15) is 0 Å². The summed E-state index contributed by atoms with van der Waals surface area (Å²) in [5.74, 6) is 1.50. The predicted octanol–water partition coefficient (Wildman–Crippen LogP) is 3.27. The monoisotopic (exact) mass is 464 g/mol. The zero-order valence-electron chi connectivity index (χ0n) is 18.9. The summed E-state index contributed by atoms with van der Waals surface area (Å²) in [6.45, 7) is 4.51. The highest BCUT2D eigenvalue weighted by atomic mass is 32.2. The Hall–Kier alpha value is -3.26. The van der Waals surface area contributed by atoms with Crippen molar-refractivity contribution >= 4 is 23.4 Å². The smallest absolute Gasteiger partial charge is 0.255 e. The highest BCUT2D eigenvalue weighted by molar-refractivity contribution is 7.98. The highest BCUT2D eigenvalue weighted by Gasteiger charge is 2.23. The molecule has 1 fully saturated rings. The van der Waals surface area contributed by atoms with Crippen LogP contribution < -0.4 is 15.2 Å². The molecule has 0 spiro atoms. The Morgan fingerprint density at radius 3 is 2.55 bits per heavy atom. The second-order valence-electron chi connectivity index (χ2n) is 7.96. The molecule has 0 bridgehead atoms. The van der Waals surface area contributed by atoms with Crippen molar-refractivity contribution in [1.82, 2.24) is 14.9 Å². The van der Waals surface area contributed by atoms with Crippen LogP contribution >= 0.6 is 11.8 Å². The standard InChI is InChI=1S/C25H28N4O3S/c1-18-22(24(31)27-25(26-18)33-17-19-7-4-3-5-8-19)16-23(30)29-13-11-28(12-14-29)20-9-6-10-21(15-20)32-2/h3-10,15H,11-14,16-17H2,1-2H3,(H,26,27,31). The van der Waals surface area contributed by atoms with E-state index in [1.54, 1.807) is 14.0 Å². The molecule has 33 heavy (non-hydrogen) atoms. The molecule has 172 valence electrons. The Balaban J connectivity index is 1.35. The number of aryl methyl sites for hydroxylation is 1. The second kappa shape index (κ2) is 10.6. The minimum Gasteiger partial charge on any atom is -0.497 e. The van der Waals surface area contributed by atoms with E-state index in [0.717, 1.165) is 35.8 Å². The normalized spacial score (nSPS) is 13.8. The number of hydrogen-bond acceptors (Lipinski definition) is 6. The van der Waals surface area contributed by atoms with Gasteiger partial charge in [-0.3, -0.25) is 9.59 Å².